The molecule has 1 rings (SSSR count). The van der Waals surface area contributed by atoms with E-state index in [4.69, 9.17) is 9.88 Å². The summed E-state index contributed by atoms with van der Waals surface area (Å²) in [6.07, 6.45) is 0.202. The predicted octanol–water partition coefficient (Wildman–Crippen LogP) is -0.226. The third-order valence-corrected chi connectivity index (χ3v) is 3.66. The zero-order valence-corrected chi connectivity index (χ0v) is 12.6. The summed E-state index contributed by atoms with van der Waals surface area (Å²) < 4.78 is 28.4. The highest BCUT2D eigenvalue weighted by atomic mass is 32.2. The Kier molecular flexibility index (Phi) is 5.66. The summed E-state index contributed by atoms with van der Waals surface area (Å²) in [5, 5.41) is 14.0. The molecule has 1 amide bonds. The van der Waals surface area contributed by atoms with Crippen molar-refractivity contribution in [1.29, 1.82) is 0 Å². The van der Waals surface area contributed by atoms with Gasteiger partial charge in [0.2, 0.25) is 10.0 Å². The fourth-order valence-electron chi connectivity index (χ4n) is 1.73. The van der Waals surface area contributed by atoms with Crippen molar-refractivity contribution in [2.24, 2.45) is 5.14 Å². The minimum Gasteiger partial charge on any atom is -0.377 e. The van der Waals surface area contributed by atoms with Gasteiger partial charge < -0.3 is 10.1 Å². The first kappa shape index (κ1) is 16.6. The number of aromatic nitrogens is 2. The van der Waals surface area contributed by atoms with Crippen molar-refractivity contribution in [3.05, 3.63) is 11.4 Å². The average molecular weight is 304 g/mol. The Morgan fingerprint density at radius 3 is 2.65 bits per heavy atom. The molecule has 0 aliphatic rings. The molecule has 0 aliphatic heterocycles. The number of nitrogens with two attached hydrogens (primary N) is 1. The standard InChI is InChI=1S/C11H20N4O4S/c1-4-8-10(20(12,17)18)9(15-14-8)11(16)13-6-7(3)19-5-2/h7H,4-6H2,1-3H3,(H,13,16)(H,14,15)(H2,12,17,18). The molecule has 0 saturated heterocycles. The second kappa shape index (κ2) is 6.82. The molecule has 0 aromatic carbocycles. The maximum absolute atomic E-state index is 12.0. The Bertz CT molecular complexity index is 567. The van der Waals surface area contributed by atoms with Gasteiger partial charge in [0.15, 0.2) is 5.69 Å². The zero-order chi connectivity index (χ0) is 15.3. The van der Waals surface area contributed by atoms with Crippen molar-refractivity contribution < 1.29 is 17.9 Å². The normalized spacial score (nSPS) is 13.2. The summed E-state index contributed by atoms with van der Waals surface area (Å²) >= 11 is 0. The smallest absolute Gasteiger partial charge is 0.273 e. The number of carbonyl (C=O) groups excluding carboxylic acids is 1. The van der Waals surface area contributed by atoms with E-state index in [1.54, 1.807) is 13.8 Å². The number of hydrogen-bond donors (Lipinski definition) is 3. The maximum atomic E-state index is 12.0. The quantitative estimate of drug-likeness (QED) is 0.641. The fourth-order valence-corrected chi connectivity index (χ4v) is 2.67. The van der Waals surface area contributed by atoms with E-state index in [9.17, 15) is 13.2 Å². The summed E-state index contributed by atoms with van der Waals surface area (Å²) in [5.41, 5.74) is 0.101. The Morgan fingerprint density at radius 2 is 2.15 bits per heavy atom. The highest BCUT2D eigenvalue weighted by molar-refractivity contribution is 7.89. The number of primary sulfonamides is 1. The molecule has 0 aliphatic carbocycles. The van der Waals surface area contributed by atoms with Crippen LogP contribution < -0.4 is 10.5 Å². The van der Waals surface area contributed by atoms with Gasteiger partial charge in [-0.3, -0.25) is 9.89 Å². The largest absolute Gasteiger partial charge is 0.377 e. The number of hydrogen-bond acceptors (Lipinski definition) is 5. The van der Waals surface area contributed by atoms with Gasteiger partial charge in [-0.1, -0.05) is 6.92 Å². The average Bonchev–Trinajstić information content (AvgIpc) is 2.80. The number of amides is 1. The molecule has 0 spiro atoms. The molecular weight excluding hydrogens is 284 g/mol. The van der Waals surface area contributed by atoms with Crippen LogP contribution in [0.3, 0.4) is 0 Å². The lowest BCUT2D eigenvalue weighted by Gasteiger charge is -2.12. The van der Waals surface area contributed by atoms with E-state index in [0.29, 0.717) is 18.7 Å². The van der Waals surface area contributed by atoms with Crippen LogP contribution in [0.15, 0.2) is 4.90 Å². The van der Waals surface area contributed by atoms with Crippen LogP contribution in [-0.4, -0.2) is 43.8 Å². The minimum absolute atomic E-state index is 0.175. The fraction of sp³-hybridized carbons (Fsp3) is 0.636. The van der Waals surface area contributed by atoms with E-state index in [1.807, 2.05) is 6.92 Å². The number of sulfonamides is 1. The molecule has 114 valence electrons. The molecule has 8 nitrogen and oxygen atoms in total. The molecule has 4 N–H and O–H groups in total. The van der Waals surface area contributed by atoms with Gasteiger partial charge >= 0.3 is 0 Å². The van der Waals surface area contributed by atoms with Crippen LogP contribution in [0.1, 0.15) is 37.0 Å². The third kappa shape index (κ3) is 4.02. The van der Waals surface area contributed by atoms with Gasteiger partial charge in [0.25, 0.3) is 5.91 Å². The van der Waals surface area contributed by atoms with Crippen molar-refractivity contribution in [3.8, 4) is 0 Å². The molecule has 9 heteroatoms. The number of aromatic amines is 1. The molecule has 0 radical (unpaired) electrons. The van der Waals surface area contributed by atoms with E-state index >= 15 is 0 Å². The van der Waals surface area contributed by atoms with E-state index in [1.165, 1.54) is 0 Å². The molecule has 1 unspecified atom stereocenters. The van der Waals surface area contributed by atoms with Gasteiger partial charge in [-0.05, 0) is 20.3 Å². The topological polar surface area (TPSA) is 127 Å². The Morgan fingerprint density at radius 1 is 1.50 bits per heavy atom. The number of ether oxygens (including phenoxy) is 1. The van der Waals surface area contributed by atoms with Crippen molar-refractivity contribution in [3.63, 3.8) is 0 Å². The van der Waals surface area contributed by atoms with Crippen molar-refractivity contribution in [2.75, 3.05) is 13.2 Å². The van der Waals surface area contributed by atoms with Crippen LogP contribution in [0.4, 0.5) is 0 Å². The van der Waals surface area contributed by atoms with Gasteiger partial charge in [-0.15, -0.1) is 0 Å². The maximum Gasteiger partial charge on any atom is 0.273 e. The second-order valence-corrected chi connectivity index (χ2v) is 5.75. The first-order valence-corrected chi connectivity index (χ1v) is 7.85. The molecule has 0 bridgehead atoms. The molecular formula is C11H20N4O4S. The highest BCUT2D eigenvalue weighted by Crippen LogP contribution is 2.17. The number of nitrogens with one attached hydrogen (secondary N) is 2. The molecule has 1 aromatic rings. The summed E-state index contributed by atoms with van der Waals surface area (Å²) in [5.74, 6) is -0.600. The highest BCUT2D eigenvalue weighted by Gasteiger charge is 2.26. The molecule has 0 fully saturated rings. The Balaban J connectivity index is 2.92. The van der Waals surface area contributed by atoms with Crippen LogP contribution in [0, 0.1) is 0 Å². The van der Waals surface area contributed by atoms with Crippen LogP contribution in [0.5, 0.6) is 0 Å². The van der Waals surface area contributed by atoms with Crippen molar-refractivity contribution >= 4 is 15.9 Å². The second-order valence-electron chi connectivity index (χ2n) is 4.25. The molecule has 0 saturated carbocycles. The van der Waals surface area contributed by atoms with Crippen LogP contribution in [0.25, 0.3) is 0 Å². The Hall–Kier alpha value is -1.45. The van der Waals surface area contributed by atoms with Crippen LogP contribution in [-0.2, 0) is 21.2 Å². The molecule has 1 atom stereocenters. The third-order valence-electron chi connectivity index (χ3n) is 2.65. The first-order chi connectivity index (χ1) is 9.31. The van der Waals surface area contributed by atoms with Gasteiger partial charge in [0.05, 0.1) is 11.8 Å². The summed E-state index contributed by atoms with van der Waals surface area (Å²) in [7, 11) is -4.01. The lowest BCUT2D eigenvalue weighted by Crippen LogP contribution is -2.33. The van der Waals surface area contributed by atoms with Gasteiger partial charge in [-0.2, -0.15) is 5.10 Å². The first-order valence-electron chi connectivity index (χ1n) is 6.31. The zero-order valence-electron chi connectivity index (χ0n) is 11.8. The minimum atomic E-state index is -4.01. The van der Waals surface area contributed by atoms with Crippen LogP contribution in [0.2, 0.25) is 0 Å². The number of aryl methyl sites for hydroxylation is 1. The Labute approximate surface area is 118 Å². The number of rotatable bonds is 7. The predicted molar refractivity (Wildman–Crippen MR) is 72.8 cm³/mol. The number of H-pyrrole nitrogens is 1. The van der Waals surface area contributed by atoms with Gasteiger partial charge in [0.1, 0.15) is 4.90 Å². The summed E-state index contributed by atoms with van der Waals surface area (Å²) in [6.45, 7) is 6.17. The van der Waals surface area contributed by atoms with Crippen molar-refractivity contribution in [2.45, 2.75) is 38.2 Å². The van der Waals surface area contributed by atoms with E-state index in [0.717, 1.165) is 0 Å². The lowest BCUT2D eigenvalue weighted by atomic mass is 10.3. The molecule has 1 heterocycles. The molecule has 1 aromatic heterocycles. The number of nitrogens with zero attached hydrogens (tertiary/aromatic N) is 1. The summed E-state index contributed by atoms with van der Waals surface area (Å²) in [4.78, 5) is 11.7. The van der Waals surface area contributed by atoms with Gasteiger partial charge in [0, 0.05) is 13.2 Å². The summed E-state index contributed by atoms with van der Waals surface area (Å²) in [6, 6.07) is 0. The SMILES string of the molecule is CCOC(C)CNC(=O)c1n[nH]c(CC)c1S(N)(=O)=O. The lowest BCUT2D eigenvalue weighted by molar-refractivity contribution is 0.0692. The van der Waals surface area contributed by atoms with Gasteiger partial charge in [-0.25, -0.2) is 13.6 Å². The number of carbonyl (C=O) groups is 1. The van der Waals surface area contributed by atoms with E-state index in [2.05, 4.69) is 15.5 Å². The van der Waals surface area contributed by atoms with E-state index < -0.39 is 15.9 Å². The van der Waals surface area contributed by atoms with Crippen molar-refractivity contribution in [1.82, 2.24) is 15.5 Å². The monoisotopic (exact) mass is 304 g/mol. The van der Waals surface area contributed by atoms with E-state index in [-0.39, 0.29) is 23.2 Å². The molecule has 20 heavy (non-hydrogen) atoms. The van der Waals surface area contributed by atoms with Crippen LogP contribution >= 0.6 is 0 Å².